The molecule has 0 radical (unpaired) electrons. The lowest BCUT2D eigenvalue weighted by Gasteiger charge is -2.50. The minimum absolute atomic E-state index is 0.0797. The average molecular weight is 490 g/mol. The number of nitrogens with one attached hydrogen (secondary N) is 5. The fourth-order valence-corrected chi connectivity index (χ4v) is 5.40. The molecule has 2 aromatic rings. The summed E-state index contributed by atoms with van der Waals surface area (Å²) >= 11 is 0. The minimum atomic E-state index is -2.93. The molecule has 1 unspecified atom stereocenters. The highest BCUT2D eigenvalue weighted by molar-refractivity contribution is 6.43. The smallest absolute Gasteiger partial charge is 0.294 e. The van der Waals surface area contributed by atoms with Crippen LogP contribution in [-0.4, -0.2) is 46.2 Å². The summed E-state index contributed by atoms with van der Waals surface area (Å²) in [6.07, 6.45) is 0.0580. The first kappa shape index (κ1) is 23.5. The predicted molar refractivity (Wildman–Crippen MR) is 119 cm³/mol. The SMILES string of the molecule is Cc1c(C(=O)Nc2ccc(F)cc2)c2n(c1C(=O)C(=O)NC1(C3CNNN3)CC(F)(F)C1)CCC2. The van der Waals surface area contributed by atoms with Crippen molar-refractivity contribution in [2.45, 2.75) is 56.7 Å². The van der Waals surface area contributed by atoms with E-state index in [0.717, 1.165) is 0 Å². The van der Waals surface area contributed by atoms with Crippen molar-refractivity contribution in [2.24, 2.45) is 0 Å². The molecule has 3 heterocycles. The maximum atomic E-state index is 13.8. The number of carbonyl (C=O) groups is 3. The van der Waals surface area contributed by atoms with E-state index in [1.165, 1.54) is 24.3 Å². The lowest BCUT2D eigenvalue weighted by Crippen LogP contribution is -2.72. The van der Waals surface area contributed by atoms with Crippen LogP contribution in [0, 0.1) is 12.7 Å². The zero-order chi connectivity index (χ0) is 25.0. The number of aromatic nitrogens is 1. The van der Waals surface area contributed by atoms with Crippen LogP contribution < -0.4 is 27.0 Å². The zero-order valence-corrected chi connectivity index (χ0v) is 18.9. The Balaban J connectivity index is 1.40. The molecule has 3 aliphatic rings. The van der Waals surface area contributed by atoms with Gasteiger partial charge in [0, 0.05) is 37.3 Å². The van der Waals surface area contributed by atoms with E-state index in [1.54, 1.807) is 11.5 Å². The van der Waals surface area contributed by atoms with E-state index in [9.17, 15) is 27.6 Å². The molecule has 12 heteroatoms. The van der Waals surface area contributed by atoms with Crippen LogP contribution in [-0.2, 0) is 17.8 Å². The van der Waals surface area contributed by atoms with Crippen LogP contribution in [0.5, 0.6) is 0 Å². The fraction of sp³-hybridized carbons (Fsp3) is 0.435. The molecule has 0 spiro atoms. The number of fused-ring (bicyclic) bond motifs is 1. The number of rotatable bonds is 6. The Morgan fingerprint density at radius 3 is 2.49 bits per heavy atom. The summed E-state index contributed by atoms with van der Waals surface area (Å²) in [5.41, 5.74) is 8.68. The van der Waals surface area contributed by atoms with E-state index in [4.69, 9.17) is 0 Å². The van der Waals surface area contributed by atoms with Crippen LogP contribution in [0.1, 0.15) is 51.4 Å². The van der Waals surface area contributed by atoms with Crippen LogP contribution >= 0.6 is 0 Å². The normalized spacial score (nSPS) is 21.8. The van der Waals surface area contributed by atoms with Gasteiger partial charge in [-0.2, -0.15) is 5.53 Å². The number of ketones is 1. The number of halogens is 3. The summed E-state index contributed by atoms with van der Waals surface area (Å²) < 4.78 is 42.5. The average Bonchev–Trinajstić information content (AvgIpc) is 3.51. The van der Waals surface area contributed by atoms with Crippen molar-refractivity contribution in [3.05, 3.63) is 52.6 Å². The van der Waals surface area contributed by atoms with Gasteiger partial charge < -0.3 is 15.2 Å². The number of anilines is 1. The molecule has 2 fully saturated rings. The quantitative estimate of drug-likeness (QED) is 0.310. The van der Waals surface area contributed by atoms with Crippen LogP contribution in [0.15, 0.2) is 24.3 Å². The molecule has 2 amide bonds. The van der Waals surface area contributed by atoms with Crippen molar-refractivity contribution >= 4 is 23.3 Å². The number of hydrogen-bond acceptors (Lipinski definition) is 6. The van der Waals surface area contributed by atoms with Gasteiger partial charge in [0.15, 0.2) is 0 Å². The highest BCUT2D eigenvalue weighted by Crippen LogP contribution is 2.47. The summed E-state index contributed by atoms with van der Waals surface area (Å²) in [4.78, 5) is 39.4. The summed E-state index contributed by atoms with van der Waals surface area (Å²) in [5.74, 6) is -5.71. The van der Waals surface area contributed by atoms with Crippen molar-refractivity contribution < 1.29 is 27.6 Å². The standard InChI is InChI=1S/C23H25F3N6O3/c1-12-17(20(34)28-14-6-4-13(24)5-7-14)15-3-2-8-32(15)18(12)19(33)21(35)29-22(10-23(25,26)11-22)16-9-27-31-30-16/h4-7,16,27,30-31H,2-3,8-11H2,1H3,(H,28,34)(H,29,35). The maximum Gasteiger partial charge on any atom is 0.294 e. The molecule has 1 aromatic carbocycles. The number of alkyl halides is 2. The summed E-state index contributed by atoms with van der Waals surface area (Å²) in [7, 11) is 0. The van der Waals surface area contributed by atoms with Crippen molar-refractivity contribution in [1.82, 2.24) is 26.3 Å². The summed E-state index contributed by atoms with van der Waals surface area (Å²) in [6, 6.07) is 4.75. The molecule has 5 N–H and O–H groups in total. The van der Waals surface area contributed by atoms with Crippen molar-refractivity contribution in [2.75, 3.05) is 11.9 Å². The zero-order valence-electron chi connectivity index (χ0n) is 18.9. The monoisotopic (exact) mass is 490 g/mol. The van der Waals surface area contributed by atoms with Gasteiger partial charge in [0.05, 0.1) is 22.8 Å². The first-order chi connectivity index (χ1) is 16.6. The second kappa shape index (κ2) is 8.47. The molecule has 1 aromatic heterocycles. The lowest BCUT2D eigenvalue weighted by atomic mass is 9.68. The van der Waals surface area contributed by atoms with E-state index in [0.29, 0.717) is 41.9 Å². The van der Waals surface area contributed by atoms with Gasteiger partial charge in [0.1, 0.15) is 5.82 Å². The minimum Gasteiger partial charge on any atom is -0.342 e. The highest BCUT2D eigenvalue weighted by Gasteiger charge is 2.61. The van der Waals surface area contributed by atoms with Gasteiger partial charge in [-0.1, -0.05) is 0 Å². The molecular formula is C23H25F3N6O3. The second-order valence-electron chi connectivity index (χ2n) is 9.36. The third-order valence-electron chi connectivity index (χ3n) is 6.98. The van der Waals surface area contributed by atoms with Crippen LogP contribution in [0.25, 0.3) is 0 Å². The number of hydrogen-bond donors (Lipinski definition) is 5. The molecule has 1 aliphatic carbocycles. The Morgan fingerprint density at radius 2 is 1.86 bits per heavy atom. The largest absolute Gasteiger partial charge is 0.342 e. The van der Waals surface area contributed by atoms with Gasteiger partial charge >= 0.3 is 0 Å². The van der Waals surface area contributed by atoms with Gasteiger partial charge in [-0.15, -0.1) is 0 Å². The van der Waals surface area contributed by atoms with Crippen LogP contribution in [0.3, 0.4) is 0 Å². The number of hydrazine groups is 2. The number of carbonyl (C=O) groups excluding carboxylic acids is 3. The Bertz CT molecular complexity index is 1200. The molecular weight excluding hydrogens is 465 g/mol. The first-order valence-electron chi connectivity index (χ1n) is 11.4. The van der Waals surface area contributed by atoms with E-state index < -0.39 is 53.8 Å². The van der Waals surface area contributed by atoms with Gasteiger partial charge in [0.25, 0.3) is 23.5 Å². The third-order valence-corrected chi connectivity index (χ3v) is 6.98. The number of amides is 2. The first-order valence-corrected chi connectivity index (χ1v) is 11.4. The number of nitrogens with zero attached hydrogens (tertiary/aromatic N) is 1. The molecule has 9 nitrogen and oxygen atoms in total. The van der Waals surface area contributed by atoms with E-state index in [1.807, 2.05) is 0 Å². The van der Waals surface area contributed by atoms with E-state index in [-0.39, 0.29) is 12.2 Å². The molecule has 5 rings (SSSR count). The molecule has 1 saturated carbocycles. The number of benzene rings is 1. The molecule has 1 atom stereocenters. The van der Waals surface area contributed by atoms with Gasteiger partial charge in [-0.3, -0.25) is 14.4 Å². The van der Waals surface area contributed by atoms with E-state index >= 15 is 0 Å². The summed E-state index contributed by atoms with van der Waals surface area (Å²) in [6.45, 7) is 2.33. The third kappa shape index (κ3) is 4.11. The fourth-order valence-electron chi connectivity index (χ4n) is 5.40. The van der Waals surface area contributed by atoms with E-state index in [2.05, 4.69) is 27.0 Å². The Morgan fingerprint density at radius 1 is 1.14 bits per heavy atom. The number of Topliss-reactive ketones (excluding diaryl/α,β-unsaturated/α-hetero) is 1. The Labute approximate surface area is 198 Å². The molecule has 2 aliphatic heterocycles. The van der Waals surface area contributed by atoms with Gasteiger partial charge in [0.2, 0.25) is 0 Å². The van der Waals surface area contributed by atoms with Crippen molar-refractivity contribution in [3.8, 4) is 0 Å². The highest BCUT2D eigenvalue weighted by atomic mass is 19.3. The van der Waals surface area contributed by atoms with Gasteiger partial charge in [-0.25, -0.2) is 24.0 Å². The lowest BCUT2D eigenvalue weighted by molar-refractivity contribution is -0.151. The van der Waals surface area contributed by atoms with Crippen molar-refractivity contribution in [1.29, 1.82) is 0 Å². The topological polar surface area (TPSA) is 116 Å². The van der Waals surface area contributed by atoms with Gasteiger partial charge in [-0.05, 0) is 49.6 Å². The second-order valence-corrected chi connectivity index (χ2v) is 9.36. The molecule has 186 valence electrons. The Hall–Kier alpha value is -3.22. The van der Waals surface area contributed by atoms with Crippen LogP contribution in [0.4, 0.5) is 18.9 Å². The molecule has 0 bridgehead atoms. The predicted octanol–water partition coefficient (Wildman–Crippen LogP) is 1.58. The maximum absolute atomic E-state index is 13.8. The van der Waals surface area contributed by atoms with Crippen LogP contribution in [0.2, 0.25) is 0 Å². The molecule has 1 saturated heterocycles. The summed E-state index contributed by atoms with van der Waals surface area (Å²) in [5, 5.41) is 5.27. The molecule has 35 heavy (non-hydrogen) atoms. The van der Waals surface area contributed by atoms with Crippen molar-refractivity contribution in [3.63, 3.8) is 0 Å². The Kier molecular flexibility index (Phi) is 5.69.